The van der Waals surface area contributed by atoms with Crippen molar-refractivity contribution in [1.82, 2.24) is 4.90 Å². The fourth-order valence-corrected chi connectivity index (χ4v) is 5.02. The van der Waals surface area contributed by atoms with Crippen LogP contribution < -0.4 is 4.90 Å². The summed E-state index contributed by atoms with van der Waals surface area (Å²) in [6, 6.07) is 28.3. The van der Waals surface area contributed by atoms with E-state index in [1.54, 1.807) is 12.1 Å². The molecule has 2 aliphatic rings. The smallest absolute Gasteiger partial charge is 0.115 e. The summed E-state index contributed by atoms with van der Waals surface area (Å²) in [6.07, 6.45) is 2.48. The third-order valence-electron chi connectivity index (χ3n) is 7.06. The highest BCUT2D eigenvalue weighted by molar-refractivity contribution is 6.00. The Hall–Kier alpha value is -3.04. The first kappa shape index (κ1) is 21.8. The molecule has 0 spiro atoms. The molecule has 1 aliphatic heterocycles. The van der Waals surface area contributed by atoms with Gasteiger partial charge in [0.05, 0.1) is 0 Å². The maximum Gasteiger partial charge on any atom is 0.115 e. The monoisotopic (exact) mass is 438 g/mol. The van der Waals surface area contributed by atoms with E-state index in [9.17, 15) is 5.11 Å². The number of aromatic hydroxyl groups is 1. The molecule has 0 atom stereocenters. The quantitative estimate of drug-likeness (QED) is 0.458. The van der Waals surface area contributed by atoms with Crippen molar-refractivity contribution in [3.05, 3.63) is 95.6 Å². The number of allylic oxidation sites excluding steroid dienone is 1. The van der Waals surface area contributed by atoms with E-state index in [4.69, 9.17) is 0 Å². The highest BCUT2D eigenvalue weighted by Gasteiger charge is 2.30. The van der Waals surface area contributed by atoms with Gasteiger partial charge in [0, 0.05) is 37.9 Å². The van der Waals surface area contributed by atoms with Crippen molar-refractivity contribution in [2.24, 2.45) is 5.92 Å². The lowest BCUT2D eigenvalue weighted by Gasteiger charge is -2.38. The molecule has 3 nitrogen and oxygen atoms in total. The van der Waals surface area contributed by atoms with Gasteiger partial charge in [-0.1, -0.05) is 54.6 Å². The Labute approximate surface area is 198 Å². The summed E-state index contributed by atoms with van der Waals surface area (Å²) in [6.45, 7) is 8.97. The molecule has 0 bridgehead atoms. The Balaban J connectivity index is 1.52. The first-order valence-corrected chi connectivity index (χ1v) is 12.3. The summed E-state index contributed by atoms with van der Waals surface area (Å²) in [4.78, 5) is 5.06. The van der Waals surface area contributed by atoms with Crippen LogP contribution in [-0.4, -0.2) is 42.2 Å². The molecule has 0 unspecified atom stereocenters. The molecular weight excluding hydrogens is 404 g/mol. The minimum Gasteiger partial charge on any atom is -0.508 e. The average Bonchev–Trinajstić information content (AvgIpc) is 3.69. The summed E-state index contributed by atoms with van der Waals surface area (Å²) < 4.78 is 0. The van der Waals surface area contributed by atoms with E-state index in [1.165, 1.54) is 40.8 Å². The molecule has 3 aromatic rings. The normalized spacial score (nSPS) is 17.8. The van der Waals surface area contributed by atoms with E-state index >= 15 is 0 Å². The number of piperazine rings is 1. The van der Waals surface area contributed by atoms with Gasteiger partial charge in [-0.15, -0.1) is 0 Å². The third-order valence-corrected chi connectivity index (χ3v) is 7.06. The first-order chi connectivity index (χ1) is 16.1. The zero-order valence-corrected chi connectivity index (χ0v) is 19.7. The molecule has 1 saturated heterocycles. The maximum atomic E-state index is 9.89. The third kappa shape index (κ3) is 4.84. The second kappa shape index (κ2) is 9.44. The molecule has 170 valence electrons. The van der Waals surface area contributed by atoms with Gasteiger partial charge in [-0.05, 0) is 84.7 Å². The first-order valence-electron chi connectivity index (χ1n) is 12.3. The lowest BCUT2D eigenvalue weighted by Crippen LogP contribution is -2.48. The minimum atomic E-state index is 0.307. The van der Waals surface area contributed by atoms with Crippen LogP contribution in [0.25, 0.3) is 11.1 Å². The van der Waals surface area contributed by atoms with Gasteiger partial charge in [-0.3, -0.25) is 4.90 Å². The number of nitrogens with zero attached hydrogens (tertiary/aromatic N) is 2. The number of benzene rings is 3. The number of hydrogen-bond acceptors (Lipinski definition) is 3. The van der Waals surface area contributed by atoms with Crippen LogP contribution in [0.3, 0.4) is 0 Å². The molecule has 0 radical (unpaired) electrons. The lowest BCUT2D eigenvalue weighted by molar-refractivity contribution is 0.209. The summed E-state index contributed by atoms with van der Waals surface area (Å²) in [5, 5.41) is 9.89. The maximum absolute atomic E-state index is 9.89. The predicted octanol–water partition coefficient (Wildman–Crippen LogP) is 6.29. The molecule has 0 amide bonds. The molecule has 3 heteroatoms. The van der Waals surface area contributed by atoms with Gasteiger partial charge in [0.1, 0.15) is 5.75 Å². The molecule has 2 fully saturated rings. The second-order valence-electron chi connectivity index (χ2n) is 9.64. The van der Waals surface area contributed by atoms with Crippen molar-refractivity contribution < 1.29 is 5.11 Å². The Morgan fingerprint density at radius 2 is 1.30 bits per heavy atom. The minimum absolute atomic E-state index is 0.307. The number of phenols is 1. The van der Waals surface area contributed by atoms with Crippen LogP contribution in [0.1, 0.15) is 43.4 Å². The number of anilines is 1. The van der Waals surface area contributed by atoms with Crippen LogP contribution >= 0.6 is 0 Å². The summed E-state index contributed by atoms with van der Waals surface area (Å²) in [5.74, 6) is 0.904. The Morgan fingerprint density at radius 1 is 0.727 bits per heavy atom. The van der Waals surface area contributed by atoms with Crippen molar-refractivity contribution in [2.45, 2.75) is 32.7 Å². The van der Waals surface area contributed by atoms with E-state index in [0.717, 1.165) is 31.7 Å². The van der Waals surface area contributed by atoms with Crippen molar-refractivity contribution in [3.8, 4) is 5.75 Å². The van der Waals surface area contributed by atoms with Crippen molar-refractivity contribution >= 4 is 16.8 Å². The van der Waals surface area contributed by atoms with Gasteiger partial charge >= 0.3 is 0 Å². The lowest BCUT2D eigenvalue weighted by atomic mass is 9.87. The topological polar surface area (TPSA) is 26.7 Å². The van der Waals surface area contributed by atoms with Crippen LogP contribution in [0, 0.1) is 5.92 Å². The van der Waals surface area contributed by atoms with E-state index in [1.807, 2.05) is 0 Å². The average molecular weight is 439 g/mol. The molecule has 1 heterocycles. The highest BCUT2D eigenvalue weighted by atomic mass is 16.3. The summed E-state index contributed by atoms with van der Waals surface area (Å²) in [7, 11) is 0. The van der Waals surface area contributed by atoms with Gasteiger partial charge in [0.25, 0.3) is 0 Å². The van der Waals surface area contributed by atoms with Gasteiger partial charge in [0.15, 0.2) is 0 Å². The number of phenolic OH excluding ortho intramolecular Hbond substituents is 1. The number of hydrogen-bond donors (Lipinski definition) is 1. The molecule has 1 N–H and O–H groups in total. The van der Waals surface area contributed by atoms with E-state index in [2.05, 4.69) is 90.4 Å². The van der Waals surface area contributed by atoms with E-state index in [-0.39, 0.29) is 0 Å². The molecule has 3 aromatic carbocycles. The fourth-order valence-electron chi connectivity index (χ4n) is 5.02. The van der Waals surface area contributed by atoms with Crippen LogP contribution in [0.4, 0.5) is 5.69 Å². The van der Waals surface area contributed by atoms with Crippen LogP contribution in [0.5, 0.6) is 5.75 Å². The van der Waals surface area contributed by atoms with Crippen LogP contribution in [0.15, 0.2) is 78.9 Å². The zero-order valence-electron chi connectivity index (χ0n) is 19.7. The summed E-state index contributed by atoms with van der Waals surface area (Å²) >= 11 is 0. The molecule has 0 aromatic heterocycles. The SMILES string of the molecule is CC(C)N1CCN(c2ccc(/C(=C(\c3ccccc3)C3CC3)c3ccc(O)cc3)cc2)CC1. The van der Waals surface area contributed by atoms with Crippen LogP contribution in [0.2, 0.25) is 0 Å². The van der Waals surface area contributed by atoms with E-state index < -0.39 is 0 Å². The summed E-state index contributed by atoms with van der Waals surface area (Å²) in [5.41, 5.74) is 7.74. The van der Waals surface area contributed by atoms with Crippen molar-refractivity contribution in [2.75, 3.05) is 31.1 Å². The fraction of sp³-hybridized carbons (Fsp3) is 0.333. The van der Waals surface area contributed by atoms with Gasteiger partial charge in [0.2, 0.25) is 0 Å². The molecule has 1 aliphatic carbocycles. The number of rotatable bonds is 6. The Morgan fingerprint density at radius 3 is 1.85 bits per heavy atom. The largest absolute Gasteiger partial charge is 0.508 e. The second-order valence-corrected chi connectivity index (χ2v) is 9.64. The Bertz CT molecular complexity index is 1090. The predicted molar refractivity (Wildman–Crippen MR) is 139 cm³/mol. The standard InChI is InChI=1S/C30H34N2O/c1-22(2)31-18-20-32(21-19-31)27-14-10-25(11-15-27)30(26-12-16-28(33)17-13-26)29(24-8-9-24)23-6-4-3-5-7-23/h3-7,10-17,22,24,33H,8-9,18-21H2,1-2H3/b30-29-. The van der Waals surface area contributed by atoms with E-state index in [0.29, 0.717) is 17.7 Å². The van der Waals surface area contributed by atoms with Gasteiger partial charge in [-0.25, -0.2) is 0 Å². The molecular formula is C30H34N2O. The van der Waals surface area contributed by atoms with Crippen LogP contribution in [-0.2, 0) is 0 Å². The zero-order chi connectivity index (χ0) is 22.8. The molecule has 1 saturated carbocycles. The van der Waals surface area contributed by atoms with Gasteiger partial charge in [-0.2, -0.15) is 0 Å². The Kier molecular flexibility index (Phi) is 6.24. The van der Waals surface area contributed by atoms with Crippen molar-refractivity contribution in [1.29, 1.82) is 0 Å². The molecule has 5 rings (SSSR count). The van der Waals surface area contributed by atoms with Gasteiger partial charge < -0.3 is 10.0 Å². The molecule has 33 heavy (non-hydrogen) atoms. The highest BCUT2D eigenvalue weighted by Crippen LogP contribution is 2.47. The van der Waals surface area contributed by atoms with Crippen molar-refractivity contribution in [3.63, 3.8) is 0 Å².